The van der Waals surface area contributed by atoms with Gasteiger partial charge in [0.05, 0.1) is 5.82 Å². The summed E-state index contributed by atoms with van der Waals surface area (Å²) in [4.78, 5) is 11.7. The average molecular weight is 571 g/mol. The molecule has 0 saturated carbocycles. The van der Waals surface area contributed by atoms with Crippen molar-refractivity contribution in [2.24, 2.45) is 0 Å². The first-order valence-corrected chi connectivity index (χ1v) is 9.19. The average Bonchev–Trinajstić information content (AvgIpc) is 3.50. The summed E-state index contributed by atoms with van der Waals surface area (Å²) in [5, 5.41) is 0. The van der Waals surface area contributed by atoms with E-state index < -0.39 is 0 Å². The molecule has 5 rings (SSSR count). The minimum absolute atomic E-state index is 0. The van der Waals surface area contributed by atoms with E-state index in [1.807, 2.05) is 94.5 Å². The van der Waals surface area contributed by atoms with Gasteiger partial charge in [0, 0.05) is 17.1 Å². The Labute approximate surface area is 188 Å². The third-order valence-electron chi connectivity index (χ3n) is 4.42. The van der Waals surface area contributed by atoms with E-state index in [4.69, 9.17) is 14.4 Å². The zero-order valence-electron chi connectivity index (χ0n) is 15.8. The fourth-order valence-corrected chi connectivity index (χ4v) is 3.12. The van der Waals surface area contributed by atoms with Crippen molar-refractivity contribution in [3.05, 3.63) is 110 Å². The minimum atomic E-state index is 0. The Morgan fingerprint density at radius 2 is 1.60 bits per heavy atom. The quantitative estimate of drug-likeness (QED) is 0.258. The summed E-state index contributed by atoms with van der Waals surface area (Å²) in [6.45, 7) is 0. The zero-order chi connectivity index (χ0) is 19.5. The molecule has 0 saturated heterocycles. The van der Waals surface area contributed by atoms with Crippen molar-refractivity contribution in [2.45, 2.75) is 0 Å². The molecule has 5 nitrogen and oxygen atoms in total. The molecule has 0 spiro atoms. The van der Waals surface area contributed by atoms with Gasteiger partial charge in [-0.2, -0.15) is 6.07 Å². The van der Waals surface area contributed by atoms with Crippen LogP contribution >= 0.6 is 0 Å². The third kappa shape index (κ3) is 3.98. The van der Waals surface area contributed by atoms with Crippen LogP contribution in [-0.2, 0) is 21.1 Å². The molecule has 0 bridgehead atoms. The number of pyridine rings is 2. The van der Waals surface area contributed by atoms with Gasteiger partial charge in [-0.25, -0.2) is 0 Å². The number of para-hydroxylation sites is 1. The van der Waals surface area contributed by atoms with Gasteiger partial charge in [0.15, 0.2) is 0 Å². The summed E-state index contributed by atoms with van der Waals surface area (Å²) in [7, 11) is 0. The molecule has 6 heteroatoms. The normalized spacial score (nSPS) is 10.4. The molecular formula is C24H16N4OPt. The van der Waals surface area contributed by atoms with Gasteiger partial charge in [0.1, 0.15) is 11.6 Å². The monoisotopic (exact) mass is 571 g/mol. The SMILES string of the molecule is [Pt+2].[c-]1ccoc1-c1cccc(N(c2ccccc2)c2cccc(-n3[c-]ccc3)n2)n1. The Morgan fingerprint density at radius 3 is 2.33 bits per heavy atom. The summed E-state index contributed by atoms with van der Waals surface area (Å²) in [6, 6.07) is 30.3. The fraction of sp³-hybridized carbons (Fsp3) is 0. The minimum Gasteiger partial charge on any atom is -0.545 e. The van der Waals surface area contributed by atoms with Gasteiger partial charge in [0.2, 0.25) is 0 Å². The maximum absolute atomic E-state index is 5.47. The summed E-state index contributed by atoms with van der Waals surface area (Å²) >= 11 is 0. The van der Waals surface area contributed by atoms with Gasteiger partial charge in [0.25, 0.3) is 0 Å². The van der Waals surface area contributed by atoms with Crippen LogP contribution in [0.1, 0.15) is 0 Å². The van der Waals surface area contributed by atoms with Crippen LogP contribution in [0.2, 0.25) is 0 Å². The number of hydrogen-bond donors (Lipinski definition) is 0. The fourth-order valence-electron chi connectivity index (χ4n) is 3.12. The molecule has 0 unspecified atom stereocenters. The molecule has 0 fully saturated rings. The second-order valence-electron chi connectivity index (χ2n) is 6.31. The van der Waals surface area contributed by atoms with E-state index in [-0.39, 0.29) is 21.1 Å². The zero-order valence-corrected chi connectivity index (χ0v) is 18.0. The first-order chi connectivity index (χ1) is 14.4. The molecule has 0 atom stereocenters. The molecule has 0 aliphatic heterocycles. The van der Waals surface area contributed by atoms with Crippen molar-refractivity contribution in [1.29, 1.82) is 0 Å². The van der Waals surface area contributed by atoms with E-state index in [0.717, 1.165) is 23.1 Å². The van der Waals surface area contributed by atoms with E-state index in [0.29, 0.717) is 11.5 Å². The van der Waals surface area contributed by atoms with Gasteiger partial charge >= 0.3 is 21.1 Å². The number of nitrogens with zero attached hydrogens (tertiary/aromatic N) is 4. The molecule has 0 radical (unpaired) electrons. The van der Waals surface area contributed by atoms with Crippen LogP contribution in [0.3, 0.4) is 0 Å². The van der Waals surface area contributed by atoms with Gasteiger partial charge in [-0.3, -0.25) is 14.9 Å². The van der Waals surface area contributed by atoms with E-state index in [2.05, 4.69) is 12.3 Å². The van der Waals surface area contributed by atoms with Gasteiger partial charge in [-0.05, 0) is 30.5 Å². The Kier molecular flexibility index (Phi) is 5.91. The number of anilines is 3. The molecule has 0 N–H and O–H groups in total. The second kappa shape index (κ2) is 8.93. The summed E-state index contributed by atoms with van der Waals surface area (Å²) in [5.41, 5.74) is 1.67. The second-order valence-corrected chi connectivity index (χ2v) is 6.31. The number of furan rings is 1. The van der Waals surface area contributed by atoms with E-state index in [1.54, 1.807) is 12.3 Å². The number of aromatic nitrogens is 3. The molecule has 148 valence electrons. The van der Waals surface area contributed by atoms with Crippen LogP contribution in [0, 0.1) is 12.3 Å². The maximum Gasteiger partial charge on any atom is 2.00 e. The number of rotatable bonds is 5. The van der Waals surface area contributed by atoms with Crippen LogP contribution in [-0.4, -0.2) is 14.5 Å². The predicted octanol–water partition coefficient (Wildman–Crippen LogP) is 5.59. The van der Waals surface area contributed by atoms with Crippen LogP contribution in [0.4, 0.5) is 17.3 Å². The van der Waals surface area contributed by atoms with Crippen molar-refractivity contribution < 1.29 is 25.5 Å². The number of benzene rings is 1. The topological polar surface area (TPSA) is 47.1 Å². The predicted molar refractivity (Wildman–Crippen MR) is 111 cm³/mol. The van der Waals surface area contributed by atoms with Crippen LogP contribution in [0.5, 0.6) is 0 Å². The van der Waals surface area contributed by atoms with Crippen molar-refractivity contribution in [1.82, 2.24) is 14.5 Å². The molecule has 4 heterocycles. The van der Waals surface area contributed by atoms with Crippen LogP contribution in [0.25, 0.3) is 17.3 Å². The standard InChI is InChI=1S/C24H16N4O.Pt/c1-2-9-19(10-3-1)28(23-14-6-11-20(25-23)21-12-8-18-29-21)24-15-7-13-22(26-24)27-16-4-5-17-27;/h1-11,13-16,18H;/q-2;+2. The van der Waals surface area contributed by atoms with Crippen molar-refractivity contribution >= 4 is 17.3 Å². The Hall–Kier alpha value is -3.43. The first-order valence-electron chi connectivity index (χ1n) is 9.19. The molecule has 4 aromatic heterocycles. The molecule has 0 amide bonds. The third-order valence-corrected chi connectivity index (χ3v) is 4.42. The summed E-state index contributed by atoms with van der Waals surface area (Å²) < 4.78 is 7.33. The van der Waals surface area contributed by atoms with Crippen LogP contribution < -0.4 is 4.90 Å². The van der Waals surface area contributed by atoms with Gasteiger partial charge in [-0.1, -0.05) is 48.7 Å². The smallest absolute Gasteiger partial charge is 0.545 e. The van der Waals surface area contributed by atoms with Crippen molar-refractivity contribution in [3.8, 4) is 17.3 Å². The van der Waals surface area contributed by atoms with Gasteiger partial charge < -0.3 is 8.98 Å². The van der Waals surface area contributed by atoms with E-state index >= 15 is 0 Å². The molecule has 5 aromatic rings. The Balaban J connectivity index is 0.00000218. The summed E-state index contributed by atoms with van der Waals surface area (Å²) in [5.74, 6) is 2.87. The van der Waals surface area contributed by atoms with Gasteiger partial charge in [-0.15, -0.1) is 24.4 Å². The Bertz CT molecular complexity index is 1130. The first kappa shape index (κ1) is 19.9. The van der Waals surface area contributed by atoms with E-state index in [1.165, 1.54) is 0 Å². The Morgan fingerprint density at radius 1 is 0.800 bits per heavy atom. The molecule has 0 aliphatic carbocycles. The molecule has 1 aromatic carbocycles. The number of hydrogen-bond acceptors (Lipinski definition) is 4. The van der Waals surface area contributed by atoms with Crippen molar-refractivity contribution in [2.75, 3.05) is 4.90 Å². The molecular weight excluding hydrogens is 555 g/mol. The molecule has 30 heavy (non-hydrogen) atoms. The van der Waals surface area contributed by atoms with E-state index in [9.17, 15) is 0 Å². The largest absolute Gasteiger partial charge is 2.00 e. The maximum atomic E-state index is 5.47. The van der Waals surface area contributed by atoms with Crippen molar-refractivity contribution in [3.63, 3.8) is 0 Å². The molecule has 0 aliphatic rings. The summed E-state index contributed by atoms with van der Waals surface area (Å²) in [6.07, 6.45) is 6.65. The van der Waals surface area contributed by atoms with Crippen LogP contribution in [0.15, 0.2) is 102 Å².